The molecule has 0 aromatic carbocycles. The highest BCUT2D eigenvalue weighted by Crippen LogP contribution is 2.55. The number of carbonyl (C=O) groups is 2. The van der Waals surface area contributed by atoms with Crippen LogP contribution in [0.4, 0.5) is 4.79 Å². The summed E-state index contributed by atoms with van der Waals surface area (Å²) >= 11 is 0. The molecule has 0 atom stereocenters. The van der Waals surface area contributed by atoms with Gasteiger partial charge in [-0.25, -0.2) is 4.79 Å². The molecule has 0 aromatic heterocycles. The van der Waals surface area contributed by atoms with Crippen LogP contribution in [0.3, 0.4) is 0 Å². The number of unbranched alkanes of at least 4 members (excludes halogenated alkanes) is 1. The molecule has 4 N–H and O–H groups in total. The van der Waals surface area contributed by atoms with Gasteiger partial charge in [0.1, 0.15) is 0 Å². The van der Waals surface area contributed by atoms with Gasteiger partial charge in [0, 0.05) is 18.5 Å². The van der Waals surface area contributed by atoms with Crippen LogP contribution in [0, 0.1) is 17.8 Å². The lowest BCUT2D eigenvalue weighted by Crippen LogP contribution is -2.59. The Morgan fingerprint density at radius 1 is 1.00 bits per heavy atom. The SMILES string of the molecule is NC(=O)NCCCCC(=O)NC12CC3CC(CC(C3)C1)C2. The van der Waals surface area contributed by atoms with Crippen LogP contribution in [0.25, 0.3) is 0 Å². The van der Waals surface area contributed by atoms with Gasteiger partial charge in [-0.3, -0.25) is 4.79 Å². The first-order valence-electron chi connectivity index (χ1n) is 8.39. The van der Waals surface area contributed by atoms with Crippen molar-refractivity contribution in [2.45, 2.75) is 63.3 Å². The summed E-state index contributed by atoms with van der Waals surface area (Å²) in [6.07, 6.45) is 9.96. The van der Waals surface area contributed by atoms with Crippen molar-refractivity contribution in [3.05, 3.63) is 0 Å². The Kier molecular flexibility index (Phi) is 4.09. The summed E-state index contributed by atoms with van der Waals surface area (Å²) in [6, 6.07) is -0.493. The zero-order valence-corrected chi connectivity index (χ0v) is 12.7. The fraction of sp³-hybridized carbons (Fsp3) is 0.875. The minimum Gasteiger partial charge on any atom is -0.352 e. The molecule has 0 unspecified atom stereocenters. The molecule has 0 saturated heterocycles. The summed E-state index contributed by atoms with van der Waals surface area (Å²) in [7, 11) is 0. The molecule has 118 valence electrons. The number of carbonyl (C=O) groups excluding carboxylic acids is 2. The van der Waals surface area contributed by atoms with Gasteiger partial charge in [0.15, 0.2) is 0 Å². The van der Waals surface area contributed by atoms with Crippen molar-refractivity contribution < 1.29 is 9.59 Å². The third-order valence-corrected chi connectivity index (χ3v) is 5.57. The van der Waals surface area contributed by atoms with Crippen molar-refractivity contribution >= 4 is 11.9 Å². The molecule has 4 bridgehead atoms. The Labute approximate surface area is 126 Å². The van der Waals surface area contributed by atoms with Gasteiger partial charge < -0.3 is 16.4 Å². The van der Waals surface area contributed by atoms with E-state index in [-0.39, 0.29) is 11.4 Å². The topological polar surface area (TPSA) is 84.2 Å². The molecule has 3 amide bonds. The van der Waals surface area contributed by atoms with Crippen LogP contribution in [0.15, 0.2) is 0 Å². The second kappa shape index (κ2) is 5.85. The lowest BCUT2D eigenvalue weighted by Gasteiger charge is -2.56. The van der Waals surface area contributed by atoms with Gasteiger partial charge in [0.05, 0.1) is 0 Å². The molecule has 0 heterocycles. The number of rotatable bonds is 6. The van der Waals surface area contributed by atoms with Crippen LogP contribution >= 0.6 is 0 Å². The molecule has 4 aliphatic carbocycles. The van der Waals surface area contributed by atoms with Gasteiger partial charge >= 0.3 is 6.03 Å². The maximum atomic E-state index is 12.2. The maximum Gasteiger partial charge on any atom is 0.312 e. The number of amides is 3. The summed E-state index contributed by atoms with van der Waals surface area (Å²) in [4.78, 5) is 22.7. The average Bonchev–Trinajstić information content (AvgIpc) is 2.35. The quantitative estimate of drug-likeness (QED) is 0.654. The smallest absolute Gasteiger partial charge is 0.312 e. The van der Waals surface area contributed by atoms with Crippen LogP contribution in [-0.4, -0.2) is 24.0 Å². The van der Waals surface area contributed by atoms with Crippen LogP contribution in [0.2, 0.25) is 0 Å². The Morgan fingerprint density at radius 3 is 2.10 bits per heavy atom. The standard InChI is InChI=1S/C16H27N3O2/c17-15(21)18-4-2-1-3-14(20)19-16-8-11-5-12(9-16)7-13(6-11)10-16/h11-13H,1-10H2,(H,19,20)(H3,17,18,21). The molecule has 0 spiro atoms. The monoisotopic (exact) mass is 293 g/mol. The highest BCUT2D eigenvalue weighted by atomic mass is 16.2. The molecule has 4 saturated carbocycles. The third kappa shape index (κ3) is 3.50. The predicted molar refractivity (Wildman–Crippen MR) is 80.5 cm³/mol. The molecular formula is C16H27N3O2. The van der Waals surface area contributed by atoms with E-state index in [1.807, 2.05) is 0 Å². The lowest BCUT2D eigenvalue weighted by molar-refractivity contribution is -0.126. The molecule has 4 fully saturated rings. The van der Waals surface area contributed by atoms with E-state index in [1.165, 1.54) is 38.5 Å². The van der Waals surface area contributed by atoms with Crippen molar-refractivity contribution in [2.24, 2.45) is 23.5 Å². The molecular weight excluding hydrogens is 266 g/mol. The van der Waals surface area contributed by atoms with E-state index in [2.05, 4.69) is 10.6 Å². The zero-order chi connectivity index (χ0) is 14.9. The fourth-order valence-electron chi connectivity index (χ4n) is 5.24. The second-order valence-electron chi connectivity index (χ2n) is 7.49. The Hall–Kier alpha value is -1.26. The number of hydrogen-bond donors (Lipinski definition) is 3. The molecule has 0 radical (unpaired) electrons. The van der Waals surface area contributed by atoms with Crippen molar-refractivity contribution in [1.29, 1.82) is 0 Å². The second-order valence-corrected chi connectivity index (χ2v) is 7.49. The minimum atomic E-state index is -0.493. The van der Waals surface area contributed by atoms with E-state index in [0.29, 0.717) is 13.0 Å². The first kappa shape index (κ1) is 14.7. The summed E-state index contributed by atoms with van der Waals surface area (Å²) in [5, 5.41) is 5.93. The molecule has 5 heteroatoms. The fourth-order valence-corrected chi connectivity index (χ4v) is 5.24. The minimum absolute atomic E-state index is 0.122. The molecule has 4 rings (SSSR count). The molecule has 0 aliphatic heterocycles. The number of hydrogen-bond acceptors (Lipinski definition) is 2. The Balaban J connectivity index is 1.41. The number of primary amides is 1. The van der Waals surface area contributed by atoms with Crippen LogP contribution in [-0.2, 0) is 4.79 Å². The number of urea groups is 1. The largest absolute Gasteiger partial charge is 0.352 e. The van der Waals surface area contributed by atoms with E-state index < -0.39 is 6.03 Å². The first-order valence-corrected chi connectivity index (χ1v) is 8.39. The molecule has 5 nitrogen and oxygen atoms in total. The summed E-state index contributed by atoms with van der Waals surface area (Å²) < 4.78 is 0. The van der Waals surface area contributed by atoms with Gasteiger partial charge in [-0.2, -0.15) is 0 Å². The highest BCUT2D eigenvalue weighted by Gasteiger charge is 2.51. The number of nitrogens with two attached hydrogens (primary N) is 1. The average molecular weight is 293 g/mol. The van der Waals surface area contributed by atoms with E-state index in [4.69, 9.17) is 5.73 Å². The van der Waals surface area contributed by atoms with Gasteiger partial charge in [-0.15, -0.1) is 0 Å². The summed E-state index contributed by atoms with van der Waals surface area (Å²) in [5.74, 6) is 2.76. The van der Waals surface area contributed by atoms with Gasteiger partial charge in [0.2, 0.25) is 5.91 Å². The maximum absolute atomic E-state index is 12.2. The van der Waals surface area contributed by atoms with Crippen molar-refractivity contribution in [3.63, 3.8) is 0 Å². The van der Waals surface area contributed by atoms with E-state index in [9.17, 15) is 9.59 Å². The van der Waals surface area contributed by atoms with Crippen molar-refractivity contribution in [2.75, 3.05) is 6.54 Å². The van der Waals surface area contributed by atoms with Crippen molar-refractivity contribution in [3.8, 4) is 0 Å². The Morgan fingerprint density at radius 2 is 1.57 bits per heavy atom. The normalized spacial score (nSPS) is 36.5. The van der Waals surface area contributed by atoms with Crippen LogP contribution in [0.1, 0.15) is 57.8 Å². The summed E-state index contributed by atoms with van der Waals surface area (Å²) in [5.41, 5.74) is 5.12. The van der Waals surface area contributed by atoms with Crippen molar-refractivity contribution in [1.82, 2.24) is 10.6 Å². The lowest BCUT2D eigenvalue weighted by atomic mass is 9.53. The van der Waals surface area contributed by atoms with Gasteiger partial charge in [0.25, 0.3) is 0 Å². The van der Waals surface area contributed by atoms with Crippen LogP contribution < -0.4 is 16.4 Å². The summed E-state index contributed by atoms with van der Waals surface area (Å²) in [6.45, 7) is 0.556. The van der Waals surface area contributed by atoms with E-state index >= 15 is 0 Å². The molecule has 21 heavy (non-hydrogen) atoms. The number of nitrogens with one attached hydrogen (secondary N) is 2. The molecule has 4 aliphatic rings. The van der Waals surface area contributed by atoms with E-state index in [1.54, 1.807) is 0 Å². The van der Waals surface area contributed by atoms with Gasteiger partial charge in [-0.05, 0) is 69.1 Å². The highest BCUT2D eigenvalue weighted by molar-refractivity contribution is 5.76. The van der Waals surface area contributed by atoms with Crippen LogP contribution in [0.5, 0.6) is 0 Å². The third-order valence-electron chi connectivity index (χ3n) is 5.57. The molecule has 0 aromatic rings. The van der Waals surface area contributed by atoms with E-state index in [0.717, 1.165) is 30.6 Å². The van der Waals surface area contributed by atoms with Gasteiger partial charge in [-0.1, -0.05) is 0 Å². The predicted octanol–water partition coefficient (Wildman–Crippen LogP) is 1.91. The zero-order valence-electron chi connectivity index (χ0n) is 12.7. The first-order chi connectivity index (χ1) is 10.0. The Bertz CT molecular complexity index is 386.